The van der Waals surface area contributed by atoms with Crippen molar-refractivity contribution in [2.45, 2.75) is 19.4 Å². The Labute approximate surface area is 149 Å². The monoisotopic (exact) mass is 353 g/mol. The zero-order valence-electron chi connectivity index (χ0n) is 13.0. The lowest BCUT2D eigenvalue weighted by molar-refractivity contribution is 0.0784. The molecule has 1 N–H and O–H groups in total. The van der Waals surface area contributed by atoms with E-state index in [0.717, 1.165) is 41.8 Å². The molecule has 0 saturated heterocycles. The largest absolute Gasteiger partial charge is 0.385 e. The number of nitrogens with zero attached hydrogens (tertiary/aromatic N) is 2. The molecule has 0 radical (unpaired) electrons. The van der Waals surface area contributed by atoms with Gasteiger partial charge in [0.05, 0.1) is 0 Å². The molecule has 1 aromatic heterocycles. The third-order valence-electron chi connectivity index (χ3n) is 3.84. The van der Waals surface area contributed by atoms with Crippen LogP contribution in [0.15, 0.2) is 42.7 Å². The number of aromatic nitrogens is 1. The first-order valence-electron chi connectivity index (χ1n) is 7.26. The minimum atomic E-state index is 0. The number of fused-ring (bicyclic) bond motifs is 1. The third-order valence-corrected chi connectivity index (χ3v) is 3.84. The van der Waals surface area contributed by atoms with Gasteiger partial charge in [-0.1, -0.05) is 6.07 Å². The molecule has 4 nitrogen and oxygen atoms in total. The molecule has 0 unspecified atom stereocenters. The fourth-order valence-electron chi connectivity index (χ4n) is 2.75. The molecular weight excluding hydrogens is 333 g/mol. The highest BCUT2D eigenvalue weighted by molar-refractivity contribution is 5.97. The lowest BCUT2D eigenvalue weighted by Crippen LogP contribution is -2.28. The van der Waals surface area contributed by atoms with Gasteiger partial charge in [-0.3, -0.25) is 9.78 Å². The maximum atomic E-state index is 12.7. The summed E-state index contributed by atoms with van der Waals surface area (Å²) < 4.78 is 0. The molecular formula is C17H21Cl2N3O. The van der Waals surface area contributed by atoms with E-state index < -0.39 is 0 Å². The Hall–Kier alpha value is -1.78. The minimum absolute atomic E-state index is 0. The van der Waals surface area contributed by atoms with E-state index in [1.807, 2.05) is 37.4 Å². The van der Waals surface area contributed by atoms with Crippen LogP contribution in [0.25, 0.3) is 0 Å². The van der Waals surface area contributed by atoms with E-state index in [-0.39, 0.29) is 30.7 Å². The summed E-state index contributed by atoms with van der Waals surface area (Å²) >= 11 is 0. The second-order valence-corrected chi connectivity index (χ2v) is 5.38. The summed E-state index contributed by atoms with van der Waals surface area (Å²) in [6, 6.07) is 9.80. The van der Waals surface area contributed by atoms with Crippen LogP contribution in [0.2, 0.25) is 0 Å². The first kappa shape index (κ1) is 19.3. The van der Waals surface area contributed by atoms with Gasteiger partial charge in [-0.05, 0) is 48.2 Å². The highest BCUT2D eigenvalue weighted by atomic mass is 35.5. The number of hydrogen-bond donors (Lipinski definition) is 1. The molecule has 124 valence electrons. The van der Waals surface area contributed by atoms with Crippen molar-refractivity contribution in [1.82, 2.24) is 9.88 Å². The zero-order chi connectivity index (χ0) is 14.7. The molecule has 6 heteroatoms. The van der Waals surface area contributed by atoms with Crippen molar-refractivity contribution in [2.24, 2.45) is 0 Å². The van der Waals surface area contributed by atoms with Crippen molar-refractivity contribution < 1.29 is 4.79 Å². The Bertz CT molecular complexity index is 650. The second kappa shape index (κ2) is 8.75. The summed E-state index contributed by atoms with van der Waals surface area (Å²) in [4.78, 5) is 18.5. The maximum absolute atomic E-state index is 12.7. The normalized spacial score (nSPS) is 12.0. The van der Waals surface area contributed by atoms with Gasteiger partial charge in [0.15, 0.2) is 0 Å². The van der Waals surface area contributed by atoms with Gasteiger partial charge >= 0.3 is 0 Å². The Morgan fingerprint density at radius 3 is 2.70 bits per heavy atom. The van der Waals surface area contributed by atoms with Crippen LogP contribution in [-0.4, -0.2) is 29.4 Å². The smallest absolute Gasteiger partial charge is 0.254 e. The van der Waals surface area contributed by atoms with E-state index in [0.29, 0.717) is 6.54 Å². The molecule has 1 aromatic carbocycles. The molecule has 3 rings (SSSR count). The average Bonchev–Trinajstić information content (AvgIpc) is 2.54. The molecule has 0 saturated carbocycles. The first-order chi connectivity index (χ1) is 10.3. The molecule has 23 heavy (non-hydrogen) atoms. The molecule has 2 heterocycles. The Morgan fingerprint density at radius 2 is 1.96 bits per heavy atom. The number of carbonyl (C=O) groups is 1. The minimum Gasteiger partial charge on any atom is -0.385 e. The van der Waals surface area contributed by atoms with Crippen molar-refractivity contribution in [1.29, 1.82) is 0 Å². The van der Waals surface area contributed by atoms with Gasteiger partial charge in [-0.15, -0.1) is 24.8 Å². The van der Waals surface area contributed by atoms with Gasteiger partial charge in [-0.25, -0.2) is 0 Å². The maximum Gasteiger partial charge on any atom is 0.254 e. The number of pyridine rings is 1. The van der Waals surface area contributed by atoms with Crippen molar-refractivity contribution in [3.05, 3.63) is 59.4 Å². The second-order valence-electron chi connectivity index (χ2n) is 5.38. The predicted molar refractivity (Wildman–Crippen MR) is 97.8 cm³/mol. The molecule has 0 aliphatic carbocycles. The van der Waals surface area contributed by atoms with Crippen molar-refractivity contribution in [3.8, 4) is 0 Å². The summed E-state index contributed by atoms with van der Waals surface area (Å²) in [5.41, 5.74) is 4.15. The van der Waals surface area contributed by atoms with Crippen molar-refractivity contribution in [3.63, 3.8) is 0 Å². The first-order valence-corrected chi connectivity index (χ1v) is 7.26. The Balaban J connectivity index is 0.00000132. The number of anilines is 1. The van der Waals surface area contributed by atoms with Gasteiger partial charge in [0.25, 0.3) is 5.91 Å². The predicted octanol–water partition coefficient (Wildman–Crippen LogP) is 3.56. The Morgan fingerprint density at radius 1 is 1.22 bits per heavy atom. The van der Waals surface area contributed by atoms with Gasteiger partial charge in [-0.2, -0.15) is 0 Å². The number of halogens is 2. The lowest BCUT2D eigenvalue weighted by atomic mass is 9.97. The van der Waals surface area contributed by atoms with Gasteiger partial charge in [0.1, 0.15) is 0 Å². The van der Waals surface area contributed by atoms with E-state index >= 15 is 0 Å². The van der Waals surface area contributed by atoms with Crippen LogP contribution >= 0.6 is 24.8 Å². The van der Waals surface area contributed by atoms with Crippen LogP contribution in [0.4, 0.5) is 5.69 Å². The summed E-state index contributed by atoms with van der Waals surface area (Å²) in [6.07, 6.45) is 5.54. The molecule has 0 spiro atoms. The molecule has 1 aliphatic heterocycles. The SMILES string of the molecule is CN(Cc1ccncc1)C(=O)c1cccc2c1CCCN2.Cl.Cl. The van der Waals surface area contributed by atoms with Gasteiger partial charge < -0.3 is 10.2 Å². The van der Waals surface area contributed by atoms with Crippen LogP contribution in [0.3, 0.4) is 0 Å². The number of nitrogens with one attached hydrogen (secondary N) is 1. The molecule has 1 aliphatic rings. The molecule has 1 amide bonds. The van der Waals surface area contributed by atoms with Crippen LogP contribution in [-0.2, 0) is 13.0 Å². The van der Waals surface area contributed by atoms with E-state index in [4.69, 9.17) is 0 Å². The Kier molecular flexibility index (Phi) is 7.33. The zero-order valence-corrected chi connectivity index (χ0v) is 14.6. The van der Waals surface area contributed by atoms with Gasteiger partial charge in [0.2, 0.25) is 0 Å². The number of amides is 1. The van der Waals surface area contributed by atoms with E-state index in [1.165, 1.54) is 0 Å². The molecule has 2 aromatic rings. The number of benzene rings is 1. The van der Waals surface area contributed by atoms with Crippen molar-refractivity contribution in [2.75, 3.05) is 18.9 Å². The van der Waals surface area contributed by atoms with E-state index in [9.17, 15) is 4.79 Å². The van der Waals surface area contributed by atoms with Crippen molar-refractivity contribution >= 4 is 36.4 Å². The van der Waals surface area contributed by atoms with Gasteiger partial charge in [0, 0.05) is 43.8 Å². The number of carbonyl (C=O) groups excluding carboxylic acids is 1. The lowest BCUT2D eigenvalue weighted by Gasteiger charge is -2.23. The summed E-state index contributed by atoms with van der Waals surface area (Å²) in [7, 11) is 1.85. The fraction of sp³-hybridized carbons (Fsp3) is 0.294. The summed E-state index contributed by atoms with van der Waals surface area (Å²) in [5, 5.41) is 3.37. The number of hydrogen-bond acceptors (Lipinski definition) is 3. The highest BCUT2D eigenvalue weighted by Crippen LogP contribution is 2.26. The van der Waals surface area contributed by atoms with Crippen LogP contribution in [0.1, 0.15) is 27.9 Å². The highest BCUT2D eigenvalue weighted by Gasteiger charge is 2.19. The summed E-state index contributed by atoms with van der Waals surface area (Å²) in [5.74, 6) is 0.0763. The van der Waals surface area contributed by atoms with E-state index in [2.05, 4.69) is 10.3 Å². The average molecular weight is 354 g/mol. The summed E-state index contributed by atoms with van der Waals surface area (Å²) in [6.45, 7) is 1.58. The topological polar surface area (TPSA) is 45.2 Å². The molecule has 0 bridgehead atoms. The quantitative estimate of drug-likeness (QED) is 0.917. The van der Waals surface area contributed by atoms with Crippen LogP contribution in [0.5, 0.6) is 0 Å². The van der Waals surface area contributed by atoms with Crippen LogP contribution in [0, 0.1) is 0 Å². The molecule has 0 fully saturated rings. The molecule has 0 atom stereocenters. The third kappa shape index (κ3) is 4.36. The number of rotatable bonds is 3. The fourth-order valence-corrected chi connectivity index (χ4v) is 2.75. The van der Waals surface area contributed by atoms with Crippen LogP contribution < -0.4 is 5.32 Å². The van der Waals surface area contributed by atoms with E-state index in [1.54, 1.807) is 17.3 Å². The standard InChI is InChI=1S/C17H19N3O.2ClH/c1-20(12-13-7-10-18-11-8-13)17(21)15-4-2-6-16-14(15)5-3-9-19-16;;/h2,4,6-8,10-11,19H,3,5,9,12H2,1H3;2*1H.